The first kappa shape index (κ1) is 25.2. The number of fused-ring (bicyclic) bond motifs is 9. The lowest BCUT2D eigenvalue weighted by atomic mass is 9.96. The maximum atomic E-state index is 6.36. The number of hydrogen-bond acceptors (Lipinski definition) is 2. The van der Waals surface area contributed by atoms with Crippen molar-refractivity contribution in [1.29, 1.82) is 0 Å². The third-order valence-electron chi connectivity index (χ3n) is 9.38. The Morgan fingerprint density at radius 1 is 0.435 bits per heavy atom. The lowest BCUT2D eigenvalue weighted by molar-refractivity contribution is 0.670. The molecule has 0 N–H and O–H groups in total. The quantitative estimate of drug-likeness (QED) is 0.193. The maximum Gasteiger partial charge on any atom is 0.143 e. The fourth-order valence-corrected chi connectivity index (χ4v) is 7.27. The van der Waals surface area contributed by atoms with E-state index in [1.807, 2.05) is 12.1 Å². The Kier molecular flexibility index (Phi) is 5.28. The molecular weight excluding hydrogens is 560 g/mol. The normalized spacial score (nSPS) is 11.9. The number of nitrogens with zero attached hydrogens (tertiary/aromatic N) is 2. The third kappa shape index (κ3) is 3.63. The van der Waals surface area contributed by atoms with Crippen LogP contribution in [0.25, 0.3) is 93.5 Å². The van der Waals surface area contributed by atoms with Crippen LogP contribution in [0.2, 0.25) is 0 Å². The van der Waals surface area contributed by atoms with E-state index in [2.05, 4.69) is 150 Å². The van der Waals surface area contributed by atoms with E-state index in [1.54, 1.807) is 0 Å². The highest BCUT2D eigenvalue weighted by Crippen LogP contribution is 2.41. The van der Waals surface area contributed by atoms with Gasteiger partial charge in [-0.3, -0.25) is 0 Å². The first-order valence-corrected chi connectivity index (χ1v) is 15.6. The Hall–Kier alpha value is -6.19. The minimum Gasteiger partial charge on any atom is -0.455 e. The Bertz CT molecular complexity index is 2790. The fourth-order valence-electron chi connectivity index (χ4n) is 7.27. The zero-order valence-corrected chi connectivity index (χ0v) is 24.8. The van der Waals surface area contributed by atoms with Crippen LogP contribution in [0.4, 0.5) is 0 Å². The molecule has 3 nitrogen and oxygen atoms in total. The average molecular weight is 587 g/mol. The summed E-state index contributed by atoms with van der Waals surface area (Å²) in [6.07, 6.45) is 0. The molecule has 0 fully saturated rings. The second-order valence-corrected chi connectivity index (χ2v) is 11.9. The average Bonchev–Trinajstić information content (AvgIpc) is 3.66. The van der Waals surface area contributed by atoms with Gasteiger partial charge in [0.2, 0.25) is 0 Å². The molecule has 0 aliphatic carbocycles. The van der Waals surface area contributed by atoms with E-state index in [-0.39, 0.29) is 0 Å². The highest BCUT2D eigenvalue weighted by Gasteiger charge is 2.18. The van der Waals surface area contributed by atoms with Crippen LogP contribution in [0.15, 0.2) is 162 Å². The van der Waals surface area contributed by atoms with Crippen molar-refractivity contribution < 1.29 is 4.42 Å². The number of para-hydroxylation sites is 5. The van der Waals surface area contributed by atoms with Gasteiger partial charge in [-0.25, -0.2) is 4.98 Å². The van der Waals surface area contributed by atoms with Gasteiger partial charge in [0.25, 0.3) is 0 Å². The van der Waals surface area contributed by atoms with Crippen LogP contribution in [0, 0.1) is 0 Å². The standard InChI is InChI=1S/C43H26N2O/c1-2-11-29(12-3-1)45-39-19-8-5-14-32(39)36-25-35-31-13-4-7-18-38(31)44-42(37(35)26-40(36)45)28-23-21-27(22-24-28)30-16-10-17-34-33-15-6-9-20-41(33)46-43(30)34/h1-26H. The Morgan fingerprint density at radius 2 is 1.13 bits per heavy atom. The Labute approximate surface area is 264 Å². The molecule has 3 heteroatoms. The van der Waals surface area contributed by atoms with Crippen molar-refractivity contribution in [2.75, 3.05) is 0 Å². The summed E-state index contributed by atoms with van der Waals surface area (Å²) in [7, 11) is 0. The third-order valence-corrected chi connectivity index (χ3v) is 9.38. The highest BCUT2D eigenvalue weighted by atomic mass is 16.3. The molecule has 3 heterocycles. The van der Waals surface area contributed by atoms with Gasteiger partial charge >= 0.3 is 0 Å². The van der Waals surface area contributed by atoms with Crippen LogP contribution >= 0.6 is 0 Å². The predicted octanol–water partition coefficient (Wildman–Crippen LogP) is 11.7. The molecule has 0 bridgehead atoms. The molecule has 214 valence electrons. The number of aromatic nitrogens is 2. The van der Waals surface area contributed by atoms with Crippen molar-refractivity contribution in [3.63, 3.8) is 0 Å². The first-order chi connectivity index (χ1) is 22.8. The molecule has 0 aliphatic rings. The molecule has 0 aliphatic heterocycles. The molecule has 3 aromatic heterocycles. The summed E-state index contributed by atoms with van der Waals surface area (Å²) in [6.45, 7) is 0. The van der Waals surface area contributed by atoms with E-state index in [1.165, 1.54) is 27.2 Å². The van der Waals surface area contributed by atoms with E-state index in [9.17, 15) is 0 Å². The molecule has 0 unspecified atom stereocenters. The van der Waals surface area contributed by atoms with Crippen molar-refractivity contribution in [3.05, 3.63) is 158 Å². The lowest BCUT2D eigenvalue weighted by Gasteiger charge is -2.13. The molecule has 0 saturated heterocycles. The van der Waals surface area contributed by atoms with Crippen molar-refractivity contribution in [1.82, 2.24) is 9.55 Å². The molecule has 0 atom stereocenters. The number of furan rings is 1. The topological polar surface area (TPSA) is 31.0 Å². The minimum atomic E-state index is 0.910. The molecule has 0 spiro atoms. The summed E-state index contributed by atoms with van der Waals surface area (Å²) >= 11 is 0. The summed E-state index contributed by atoms with van der Waals surface area (Å²) in [4.78, 5) is 5.29. The summed E-state index contributed by atoms with van der Waals surface area (Å²) < 4.78 is 8.73. The largest absolute Gasteiger partial charge is 0.455 e. The van der Waals surface area contributed by atoms with Crippen LogP contribution in [-0.2, 0) is 0 Å². The smallest absolute Gasteiger partial charge is 0.143 e. The monoisotopic (exact) mass is 586 g/mol. The fraction of sp³-hybridized carbons (Fsp3) is 0. The Balaban J connectivity index is 1.22. The highest BCUT2D eigenvalue weighted by molar-refractivity contribution is 6.20. The van der Waals surface area contributed by atoms with Crippen molar-refractivity contribution in [2.24, 2.45) is 0 Å². The van der Waals surface area contributed by atoms with Gasteiger partial charge in [0.1, 0.15) is 11.2 Å². The number of hydrogen-bond donors (Lipinski definition) is 0. The minimum absolute atomic E-state index is 0.910. The van der Waals surface area contributed by atoms with E-state index in [0.29, 0.717) is 0 Å². The second-order valence-electron chi connectivity index (χ2n) is 11.9. The van der Waals surface area contributed by atoms with Gasteiger partial charge in [-0.1, -0.05) is 115 Å². The van der Waals surface area contributed by atoms with E-state index in [4.69, 9.17) is 9.40 Å². The summed E-state index contributed by atoms with van der Waals surface area (Å²) in [5.74, 6) is 0. The molecule has 10 aromatic rings. The molecule has 0 radical (unpaired) electrons. The number of benzene rings is 7. The zero-order chi connectivity index (χ0) is 30.2. The molecule has 0 amide bonds. The van der Waals surface area contributed by atoms with Gasteiger partial charge in [0.05, 0.1) is 22.2 Å². The molecule has 0 saturated carbocycles. The van der Waals surface area contributed by atoms with Crippen molar-refractivity contribution in [2.45, 2.75) is 0 Å². The first-order valence-electron chi connectivity index (χ1n) is 15.6. The predicted molar refractivity (Wildman–Crippen MR) is 192 cm³/mol. The van der Waals surface area contributed by atoms with Crippen molar-refractivity contribution in [3.8, 4) is 28.1 Å². The van der Waals surface area contributed by atoms with E-state index in [0.717, 1.165) is 66.3 Å². The van der Waals surface area contributed by atoms with Gasteiger partial charge in [0.15, 0.2) is 0 Å². The summed E-state index contributed by atoms with van der Waals surface area (Å²) in [6, 6.07) is 55.9. The molecular formula is C43H26N2O. The van der Waals surface area contributed by atoms with Crippen LogP contribution < -0.4 is 0 Å². The number of pyridine rings is 1. The van der Waals surface area contributed by atoms with E-state index < -0.39 is 0 Å². The summed E-state index contributed by atoms with van der Waals surface area (Å²) in [5.41, 5.74) is 10.6. The van der Waals surface area contributed by atoms with Crippen molar-refractivity contribution >= 4 is 65.4 Å². The van der Waals surface area contributed by atoms with E-state index >= 15 is 0 Å². The van der Waals surface area contributed by atoms with Gasteiger partial charge in [-0.2, -0.15) is 0 Å². The van der Waals surface area contributed by atoms with Crippen LogP contribution in [0.5, 0.6) is 0 Å². The SMILES string of the molecule is c1ccc(-n2c3ccccc3c3cc4c(cc32)c(-c2ccc(-c3cccc5c3oc3ccccc35)cc2)nc2ccccc24)cc1. The van der Waals surface area contributed by atoms with Gasteiger partial charge < -0.3 is 8.98 Å². The van der Waals surface area contributed by atoms with Gasteiger partial charge in [-0.05, 0) is 53.4 Å². The molecule has 46 heavy (non-hydrogen) atoms. The van der Waals surface area contributed by atoms with Gasteiger partial charge in [-0.15, -0.1) is 0 Å². The number of rotatable bonds is 3. The van der Waals surface area contributed by atoms with Crippen LogP contribution in [-0.4, -0.2) is 9.55 Å². The lowest BCUT2D eigenvalue weighted by Crippen LogP contribution is -1.94. The molecule has 10 rings (SSSR count). The summed E-state index contributed by atoms with van der Waals surface area (Å²) in [5, 5.41) is 8.27. The zero-order valence-electron chi connectivity index (χ0n) is 24.8. The second kappa shape index (κ2) is 9.65. The van der Waals surface area contributed by atoms with Crippen LogP contribution in [0.3, 0.4) is 0 Å². The maximum absolute atomic E-state index is 6.36. The Morgan fingerprint density at radius 3 is 2.00 bits per heavy atom. The molecule has 7 aromatic carbocycles. The van der Waals surface area contributed by atoms with Gasteiger partial charge in [0, 0.05) is 49.1 Å². The van der Waals surface area contributed by atoms with Crippen LogP contribution in [0.1, 0.15) is 0 Å².